The van der Waals surface area contributed by atoms with Gasteiger partial charge in [0.2, 0.25) is 0 Å². The Balaban J connectivity index is 1.96. The molecule has 24 heavy (non-hydrogen) atoms. The SMILES string of the molecule is Cn1nc(C(F)(F)F)cc1C1CCCCCN1C(=O)c1ccco1. The van der Waals surface area contributed by atoms with Crippen LogP contribution in [0.3, 0.4) is 0 Å². The number of aryl methyl sites for hydroxylation is 1. The van der Waals surface area contributed by atoms with E-state index < -0.39 is 17.9 Å². The standard InChI is InChI=1S/C16H18F3N3O2/c1-21-12(10-14(20-21)16(17,18)19)11-6-3-2-4-8-22(11)15(23)13-7-5-9-24-13/h5,7,9-11H,2-4,6,8H2,1H3. The number of amides is 1. The Labute approximate surface area is 137 Å². The normalized spacial score (nSPS) is 19.3. The number of furan rings is 1. The van der Waals surface area contributed by atoms with Crippen molar-refractivity contribution in [3.63, 3.8) is 0 Å². The summed E-state index contributed by atoms with van der Waals surface area (Å²) in [4.78, 5) is 14.3. The van der Waals surface area contributed by atoms with Crippen LogP contribution >= 0.6 is 0 Å². The molecule has 5 nitrogen and oxygen atoms in total. The fraction of sp³-hybridized carbons (Fsp3) is 0.500. The molecule has 0 N–H and O–H groups in total. The van der Waals surface area contributed by atoms with Crippen LogP contribution in [0.4, 0.5) is 13.2 Å². The van der Waals surface area contributed by atoms with Gasteiger partial charge >= 0.3 is 6.18 Å². The summed E-state index contributed by atoms with van der Waals surface area (Å²) in [5.41, 5.74) is -0.543. The first kappa shape index (κ1) is 16.6. The van der Waals surface area contributed by atoms with Crippen molar-refractivity contribution in [2.45, 2.75) is 37.9 Å². The number of aromatic nitrogens is 2. The molecule has 1 amide bonds. The average molecular weight is 341 g/mol. The number of halogens is 3. The summed E-state index contributed by atoms with van der Waals surface area (Å²) in [5, 5.41) is 3.57. The first-order valence-corrected chi connectivity index (χ1v) is 7.83. The van der Waals surface area contributed by atoms with Crippen molar-refractivity contribution in [3.8, 4) is 0 Å². The third-order valence-corrected chi connectivity index (χ3v) is 4.29. The molecule has 0 spiro atoms. The Bertz CT molecular complexity index is 707. The molecule has 1 aliphatic heterocycles. The van der Waals surface area contributed by atoms with E-state index in [1.807, 2.05) is 0 Å². The van der Waals surface area contributed by atoms with E-state index in [9.17, 15) is 18.0 Å². The molecule has 0 bridgehead atoms. The topological polar surface area (TPSA) is 51.3 Å². The lowest BCUT2D eigenvalue weighted by Gasteiger charge is -2.29. The van der Waals surface area contributed by atoms with Crippen LogP contribution in [-0.2, 0) is 13.2 Å². The molecule has 1 fully saturated rings. The molecule has 0 aliphatic carbocycles. The van der Waals surface area contributed by atoms with E-state index in [0.29, 0.717) is 18.7 Å². The number of hydrogen-bond donors (Lipinski definition) is 0. The maximum atomic E-state index is 12.9. The van der Waals surface area contributed by atoms with Crippen molar-refractivity contribution in [1.29, 1.82) is 0 Å². The van der Waals surface area contributed by atoms with Crippen LogP contribution in [0.1, 0.15) is 53.7 Å². The Kier molecular flexibility index (Phi) is 4.38. The molecule has 1 atom stereocenters. The van der Waals surface area contributed by atoms with Crippen molar-refractivity contribution in [2.24, 2.45) is 7.05 Å². The highest BCUT2D eigenvalue weighted by molar-refractivity contribution is 5.91. The molecule has 130 valence electrons. The second-order valence-electron chi connectivity index (χ2n) is 5.92. The van der Waals surface area contributed by atoms with Crippen molar-refractivity contribution in [3.05, 3.63) is 41.6 Å². The van der Waals surface area contributed by atoms with Gasteiger partial charge in [-0.15, -0.1) is 0 Å². The quantitative estimate of drug-likeness (QED) is 0.835. The molecule has 1 unspecified atom stereocenters. The van der Waals surface area contributed by atoms with Gasteiger partial charge in [-0.2, -0.15) is 18.3 Å². The molecule has 3 heterocycles. The minimum absolute atomic E-state index is 0.195. The van der Waals surface area contributed by atoms with Gasteiger partial charge < -0.3 is 9.32 Å². The summed E-state index contributed by atoms with van der Waals surface area (Å²) in [5.74, 6) is -0.109. The maximum Gasteiger partial charge on any atom is 0.435 e. The van der Waals surface area contributed by atoms with Gasteiger partial charge in [-0.05, 0) is 31.0 Å². The van der Waals surface area contributed by atoms with E-state index in [0.717, 1.165) is 25.3 Å². The first-order chi connectivity index (χ1) is 11.4. The van der Waals surface area contributed by atoms with Gasteiger partial charge in [0.25, 0.3) is 5.91 Å². The Morgan fingerprint density at radius 2 is 2.12 bits per heavy atom. The van der Waals surface area contributed by atoms with Gasteiger partial charge in [-0.25, -0.2) is 0 Å². The Hall–Kier alpha value is -2.25. The monoisotopic (exact) mass is 341 g/mol. The lowest BCUT2D eigenvalue weighted by atomic mass is 10.1. The van der Waals surface area contributed by atoms with Gasteiger partial charge in [0.15, 0.2) is 11.5 Å². The minimum Gasteiger partial charge on any atom is -0.459 e. The van der Waals surface area contributed by atoms with Gasteiger partial charge in [-0.3, -0.25) is 9.48 Å². The summed E-state index contributed by atoms with van der Waals surface area (Å²) in [6, 6.07) is 3.78. The van der Waals surface area contributed by atoms with Crippen molar-refractivity contribution in [1.82, 2.24) is 14.7 Å². The van der Waals surface area contributed by atoms with E-state index in [1.54, 1.807) is 17.0 Å². The number of carbonyl (C=O) groups excluding carboxylic acids is 1. The molecular weight excluding hydrogens is 323 g/mol. The molecule has 0 saturated carbocycles. The number of nitrogens with zero attached hydrogens (tertiary/aromatic N) is 3. The van der Waals surface area contributed by atoms with Gasteiger partial charge in [0.1, 0.15) is 0 Å². The van der Waals surface area contributed by atoms with Crippen LogP contribution in [0.25, 0.3) is 0 Å². The Morgan fingerprint density at radius 3 is 2.75 bits per heavy atom. The number of rotatable bonds is 2. The fourth-order valence-corrected chi connectivity index (χ4v) is 3.13. The van der Waals surface area contributed by atoms with Gasteiger partial charge in [-0.1, -0.05) is 12.8 Å². The largest absolute Gasteiger partial charge is 0.459 e. The highest BCUT2D eigenvalue weighted by Crippen LogP contribution is 2.35. The minimum atomic E-state index is -4.50. The van der Waals surface area contributed by atoms with Crippen LogP contribution in [-0.4, -0.2) is 27.1 Å². The summed E-state index contributed by atoms with van der Waals surface area (Å²) >= 11 is 0. The van der Waals surface area contributed by atoms with Crippen LogP contribution in [0.2, 0.25) is 0 Å². The van der Waals surface area contributed by atoms with Gasteiger partial charge in [0.05, 0.1) is 18.0 Å². The van der Waals surface area contributed by atoms with Crippen LogP contribution in [0.15, 0.2) is 28.9 Å². The molecule has 8 heteroatoms. The number of likely N-dealkylation sites (tertiary alicyclic amines) is 1. The second kappa shape index (κ2) is 6.33. The number of hydrogen-bond acceptors (Lipinski definition) is 3. The molecular formula is C16H18F3N3O2. The van der Waals surface area contributed by atoms with E-state index in [1.165, 1.54) is 18.0 Å². The number of carbonyl (C=O) groups is 1. The molecule has 1 aliphatic rings. The molecule has 2 aromatic rings. The van der Waals surface area contributed by atoms with Crippen molar-refractivity contribution < 1.29 is 22.4 Å². The maximum absolute atomic E-state index is 12.9. The third kappa shape index (κ3) is 3.18. The zero-order valence-electron chi connectivity index (χ0n) is 13.2. The smallest absolute Gasteiger partial charge is 0.435 e. The van der Waals surface area contributed by atoms with E-state index in [2.05, 4.69) is 5.10 Å². The number of alkyl halides is 3. The van der Waals surface area contributed by atoms with E-state index in [-0.39, 0.29) is 11.7 Å². The average Bonchev–Trinajstić information content (AvgIpc) is 3.11. The zero-order valence-corrected chi connectivity index (χ0v) is 13.2. The van der Waals surface area contributed by atoms with Crippen molar-refractivity contribution >= 4 is 5.91 Å². The van der Waals surface area contributed by atoms with Crippen LogP contribution in [0.5, 0.6) is 0 Å². The van der Waals surface area contributed by atoms with Crippen LogP contribution < -0.4 is 0 Å². The summed E-state index contributed by atoms with van der Waals surface area (Å²) in [7, 11) is 1.48. The van der Waals surface area contributed by atoms with E-state index in [4.69, 9.17) is 4.42 Å². The predicted octanol–water partition coefficient (Wildman–Crippen LogP) is 3.79. The highest BCUT2D eigenvalue weighted by atomic mass is 19.4. The molecule has 2 aromatic heterocycles. The van der Waals surface area contributed by atoms with E-state index >= 15 is 0 Å². The molecule has 0 aromatic carbocycles. The third-order valence-electron chi connectivity index (χ3n) is 4.29. The Morgan fingerprint density at radius 1 is 1.33 bits per heavy atom. The van der Waals surface area contributed by atoms with Crippen LogP contribution in [0, 0.1) is 0 Å². The van der Waals surface area contributed by atoms with Gasteiger partial charge in [0, 0.05) is 13.6 Å². The lowest BCUT2D eigenvalue weighted by molar-refractivity contribution is -0.141. The zero-order chi connectivity index (χ0) is 17.3. The lowest BCUT2D eigenvalue weighted by Crippen LogP contribution is -2.35. The predicted molar refractivity (Wildman–Crippen MR) is 79.2 cm³/mol. The second-order valence-corrected chi connectivity index (χ2v) is 5.92. The van der Waals surface area contributed by atoms with Crippen molar-refractivity contribution in [2.75, 3.05) is 6.54 Å². The summed E-state index contributed by atoms with van der Waals surface area (Å²) < 4.78 is 45.2. The molecule has 0 radical (unpaired) electrons. The molecule has 1 saturated heterocycles. The first-order valence-electron chi connectivity index (χ1n) is 7.83. The fourth-order valence-electron chi connectivity index (χ4n) is 3.13. The summed E-state index contributed by atoms with van der Waals surface area (Å²) in [6.45, 7) is 0.483. The molecule has 3 rings (SSSR count). The summed E-state index contributed by atoms with van der Waals surface area (Å²) in [6.07, 6.45) is 0.0975. The highest BCUT2D eigenvalue weighted by Gasteiger charge is 2.37.